The van der Waals surface area contributed by atoms with E-state index in [1.165, 1.54) is 0 Å². The molecule has 0 atom stereocenters. The molecule has 0 aromatic carbocycles. The molecule has 0 aliphatic carbocycles. The average molecular weight is 223 g/mol. The first-order chi connectivity index (χ1) is 7.34. The van der Waals surface area contributed by atoms with Gasteiger partial charge in [-0.2, -0.15) is 0 Å². The van der Waals surface area contributed by atoms with Crippen molar-refractivity contribution in [3.05, 3.63) is 42.1 Å². The van der Waals surface area contributed by atoms with Crippen molar-refractivity contribution in [2.24, 2.45) is 0 Å². The van der Waals surface area contributed by atoms with Gasteiger partial charge in [0.1, 0.15) is 5.82 Å². The van der Waals surface area contributed by atoms with Crippen LogP contribution in [0.2, 0.25) is 5.28 Å². The summed E-state index contributed by atoms with van der Waals surface area (Å²) in [4.78, 5) is 7.83. The van der Waals surface area contributed by atoms with Crippen LogP contribution in [0.4, 0.5) is 5.82 Å². The van der Waals surface area contributed by atoms with Crippen molar-refractivity contribution in [1.82, 2.24) is 14.5 Å². The molecule has 15 heavy (non-hydrogen) atoms. The fourth-order valence-electron chi connectivity index (χ4n) is 1.27. The lowest BCUT2D eigenvalue weighted by Gasteiger charge is -2.05. The Bertz CT molecular complexity index is 413. The summed E-state index contributed by atoms with van der Waals surface area (Å²) in [7, 11) is 0. The summed E-state index contributed by atoms with van der Waals surface area (Å²) in [6.07, 6.45) is 5.68. The molecule has 2 heterocycles. The van der Waals surface area contributed by atoms with E-state index in [0.717, 1.165) is 18.9 Å². The molecule has 0 unspecified atom stereocenters. The number of anilines is 1. The summed E-state index contributed by atoms with van der Waals surface area (Å²) in [6.45, 7) is 1.71. The highest BCUT2D eigenvalue weighted by Crippen LogP contribution is 2.05. The molecule has 0 saturated carbocycles. The summed E-state index contributed by atoms with van der Waals surface area (Å²) in [5, 5.41) is 3.43. The highest BCUT2D eigenvalue weighted by atomic mass is 35.5. The molecule has 0 amide bonds. The average Bonchev–Trinajstić information content (AvgIpc) is 2.71. The second-order valence-electron chi connectivity index (χ2n) is 3.06. The van der Waals surface area contributed by atoms with E-state index in [4.69, 9.17) is 11.6 Å². The number of nitrogens with one attached hydrogen (secondary N) is 1. The van der Waals surface area contributed by atoms with Crippen molar-refractivity contribution >= 4 is 17.4 Å². The molecule has 0 bridgehead atoms. The van der Waals surface area contributed by atoms with Gasteiger partial charge in [0.05, 0.1) is 0 Å². The molecule has 5 heteroatoms. The molecule has 2 aromatic rings. The topological polar surface area (TPSA) is 42.7 Å². The van der Waals surface area contributed by atoms with E-state index in [0.29, 0.717) is 0 Å². The Balaban J connectivity index is 1.83. The third-order valence-corrected chi connectivity index (χ3v) is 2.15. The van der Waals surface area contributed by atoms with Gasteiger partial charge in [0.25, 0.3) is 0 Å². The van der Waals surface area contributed by atoms with Gasteiger partial charge in [-0.05, 0) is 29.8 Å². The van der Waals surface area contributed by atoms with Gasteiger partial charge in [-0.25, -0.2) is 9.97 Å². The molecule has 0 saturated heterocycles. The Morgan fingerprint density at radius 2 is 2.13 bits per heavy atom. The predicted molar refractivity (Wildman–Crippen MR) is 60.0 cm³/mol. The van der Waals surface area contributed by atoms with E-state index < -0.39 is 0 Å². The zero-order valence-electron chi connectivity index (χ0n) is 8.10. The second-order valence-corrected chi connectivity index (χ2v) is 3.40. The van der Waals surface area contributed by atoms with Crippen LogP contribution in [0.25, 0.3) is 0 Å². The first-order valence-corrected chi connectivity index (χ1v) is 5.05. The molecule has 78 valence electrons. The fraction of sp³-hybridized carbons (Fsp3) is 0.200. The van der Waals surface area contributed by atoms with E-state index in [-0.39, 0.29) is 5.28 Å². The van der Waals surface area contributed by atoms with Crippen LogP contribution in [0.15, 0.2) is 36.8 Å². The maximum absolute atomic E-state index is 5.66. The minimum absolute atomic E-state index is 0.265. The monoisotopic (exact) mass is 222 g/mol. The van der Waals surface area contributed by atoms with Gasteiger partial charge in [-0.3, -0.25) is 0 Å². The maximum atomic E-state index is 5.66. The van der Waals surface area contributed by atoms with Crippen LogP contribution in [-0.4, -0.2) is 21.1 Å². The molecule has 2 rings (SSSR count). The molecular formula is C10H11ClN4. The van der Waals surface area contributed by atoms with Gasteiger partial charge < -0.3 is 9.88 Å². The van der Waals surface area contributed by atoms with Crippen molar-refractivity contribution in [2.75, 3.05) is 11.9 Å². The van der Waals surface area contributed by atoms with E-state index >= 15 is 0 Å². The van der Waals surface area contributed by atoms with Gasteiger partial charge in [0, 0.05) is 31.7 Å². The summed E-state index contributed by atoms with van der Waals surface area (Å²) in [5.41, 5.74) is 0. The van der Waals surface area contributed by atoms with Crippen molar-refractivity contribution in [3.8, 4) is 0 Å². The first-order valence-electron chi connectivity index (χ1n) is 4.68. The third kappa shape index (κ3) is 2.95. The van der Waals surface area contributed by atoms with Crippen LogP contribution < -0.4 is 5.32 Å². The minimum Gasteiger partial charge on any atom is -0.368 e. The van der Waals surface area contributed by atoms with Crippen LogP contribution in [0.5, 0.6) is 0 Å². The Morgan fingerprint density at radius 1 is 1.33 bits per heavy atom. The zero-order chi connectivity index (χ0) is 10.5. The Hall–Kier alpha value is -1.55. The maximum Gasteiger partial charge on any atom is 0.224 e. The van der Waals surface area contributed by atoms with Crippen LogP contribution in [0.3, 0.4) is 0 Å². The molecular weight excluding hydrogens is 212 g/mol. The Kier molecular flexibility index (Phi) is 3.19. The fourth-order valence-corrected chi connectivity index (χ4v) is 1.41. The summed E-state index contributed by atoms with van der Waals surface area (Å²) in [5.74, 6) is 0.752. The highest BCUT2D eigenvalue weighted by molar-refractivity contribution is 6.28. The molecule has 1 N–H and O–H groups in total. The molecule has 4 nitrogen and oxygen atoms in total. The van der Waals surface area contributed by atoms with E-state index in [2.05, 4.69) is 19.9 Å². The quantitative estimate of drug-likeness (QED) is 0.806. The lowest BCUT2D eigenvalue weighted by Crippen LogP contribution is -2.10. The third-order valence-electron chi connectivity index (χ3n) is 1.97. The largest absolute Gasteiger partial charge is 0.368 e. The van der Waals surface area contributed by atoms with Crippen molar-refractivity contribution in [2.45, 2.75) is 6.54 Å². The van der Waals surface area contributed by atoms with Gasteiger partial charge >= 0.3 is 0 Å². The molecule has 0 fully saturated rings. The second kappa shape index (κ2) is 4.79. The highest BCUT2D eigenvalue weighted by Gasteiger charge is 1.95. The standard InChI is InChI=1S/C10H11ClN4/c11-10-13-4-3-9(14-10)12-5-8-15-6-1-2-7-15/h1-4,6-7H,5,8H2,(H,12,13,14). The number of halogens is 1. The van der Waals surface area contributed by atoms with Gasteiger partial charge in [0.15, 0.2) is 0 Å². The number of aromatic nitrogens is 3. The molecule has 0 aliphatic heterocycles. The summed E-state index contributed by atoms with van der Waals surface area (Å²) >= 11 is 5.66. The number of hydrogen-bond donors (Lipinski definition) is 1. The zero-order valence-corrected chi connectivity index (χ0v) is 8.85. The number of hydrogen-bond acceptors (Lipinski definition) is 3. The van der Waals surface area contributed by atoms with Crippen molar-refractivity contribution < 1.29 is 0 Å². The SMILES string of the molecule is Clc1nccc(NCCn2cccc2)n1. The lowest BCUT2D eigenvalue weighted by molar-refractivity contribution is 0.731. The van der Waals surface area contributed by atoms with Crippen LogP contribution in [0.1, 0.15) is 0 Å². The van der Waals surface area contributed by atoms with Gasteiger partial charge in [-0.1, -0.05) is 0 Å². The van der Waals surface area contributed by atoms with Crippen LogP contribution in [0, 0.1) is 0 Å². The molecule has 0 spiro atoms. The number of nitrogens with zero attached hydrogens (tertiary/aromatic N) is 3. The Labute approximate surface area is 92.9 Å². The van der Waals surface area contributed by atoms with Crippen LogP contribution >= 0.6 is 11.6 Å². The Morgan fingerprint density at radius 3 is 2.87 bits per heavy atom. The van der Waals surface area contributed by atoms with E-state index in [9.17, 15) is 0 Å². The number of rotatable bonds is 4. The predicted octanol–water partition coefficient (Wildman–Crippen LogP) is 2.04. The van der Waals surface area contributed by atoms with Crippen LogP contribution in [-0.2, 0) is 6.54 Å². The first kappa shape index (κ1) is 9.98. The van der Waals surface area contributed by atoms with Crippen molar-refractivity contribution in [3.63, 3.8) is 0 Å². The van der Waals surface area contributed by atoms with Crippen molar-refractivity contribution in [1.29, 1.82) is 0 Å². The summed E-state index contributed by atoms with van der Waals surface area (Å²) in [6, 6.07) is 5.80. The smallest absolute Gasteiger partial charge is 0.224 e. The van der Waals surface area contributed by atoms with E-state index in [1.54, 1.807) is 12.3 Å². The molecule has 2 aromatic heterocycles. The normalized spacial score (nSPS) is 10.2. The van der Waals surface area contributed by atoms with Gasteiger partial charge in [-0.15, -0.1) is 0 Å². The minimum atomic E-state index is 0.265. The molecule has 0 aliphatic rings. The molecule has 0 radical (unpaired) electrons. The lowest BCUT2D eigenvalue weighted by atomic mass is 10.5. The van der Waals surface area contributed by atoms with E-state index in [1.807, 2.05) is 24.5 Å². The summed E-state index contributed by atoms with van der Waals surface area (Å²) < 4.78 is 2.09. The van der Waals surface area contributed by atoms with Gasteiger partial charge in [0.2, 0.25) is 5.28 Å².